The molecule has 0 aromatic heterocycles. The molecule has 1 aliphatic rings. The first-order valence-electron chi connectivity index (χ1n) is 4.70. The van der Waals surface area contributed by atoms with Gasteiger partial charge < -0.3 is 9.64 Å². The van der Waals surface area contributed by atoms with Crippen LogP contribution in [0.5, 0.6) is 5.75 Å². The monoisotopic (exact) mass is 191 g/mol. The summed E-state index contributed by atoms with van der Waals surface area (Å²) in [6.45, 7) is 1.59. The van der Waals surface area contributed by atoms with Gasteiger partial charge in [-0.2, -0.15) is 0 Å². The number of amides is 1. The summed E-state index contributed by atoms with van der Waals surface area (Å²) in [5.74, 6) is 1.09. The van der Waals surface area contributed by atoms with Gasteiger partial charge in [0.15, 0.2) is 0 Å². The summed E-state index contributed by atoms with van der Waals surface area (Å²) >= 11 is 0. The predicted molar refractivity (Wildman–Crippen MR) is 53.0 cm³/mol. The number of carbonyl (C=O) groups excluding carboxylic acids is 1. The van der Waals surface area contributed by atoms with E-state index in [0.29, 0.717) is 13.0 Å². The third kappa shape index (κ3) is 1.71. The molecule has 3 heteroatoms. The van der Waals surface area contributed by atoms with Crippen LogP contribution in [-0.2, 0) is 11.3 Å². The van der Waals surface area contributed by atoms with Gasteiger partial charge in [-0.3, -0.25) is 4.79 Å². The Hall–Kier alpha value is -1.51. The van der Waals surface area contributed by atoms with E-state index in [9.17, 15) is 4.79 Å². The Morgan fingerprint density at radius 2 is 2.36 bits per heavy atom. The van der Waals surface area contributed by atoms with Crippen LogP contribution in [0.2, 0.25) is 0 Å². The van der Waals surface area contributed by atoms with Gasteiger partial charge in [0.25, 0.3) is 0 Å². The molecule has 1 saturated heterocycles. The first-order valence-corrected chi connectivity index (χ1v) is 4.70. The van der Waals surface area contributed by atoms with E-state index in [1.807, 2.05) is 29.2 Å². The number of hydrogen-bond donors (Lipinski definition) is 0. The highest BCUT2D eigenvalue weighted by Crippen LogP contribution is 2.17. The Labute approximate surface area is 83.3 Å². The molecular weight excluding hydrogens is 178 g/mol. The normalized spacial score (nSPS) is 15.2. The molecular formula is C11H13NO2. The Balaban J connectivity index is 2.05. The summed E-state index contributed by atoms with van der Waals surface area (Å²) in [5, 5.41) is 0. The van der Waals surface area contributed by atoms with Crippen molar-refractivity contribution in [3.8, 4) is 5.75 Å². The molecule has 3 nitrogen and oxygen atoms in total. The van der Waals surface area contributed by atoms with E-state index < -0.39 is 0 Å². The zero-order valence-electron chi connectivity index (χ0n) is 8.19. The summed E-state index contributed by atoms with van der Waals surface area (Å²) in [5.41, 5.74) is 1.12. The molecule has 1 aromatic rings. The van der Waals surface area contributed by atoms with Gasteiger partial charge in [-0.25, -0.2) is 0 Å². The van der Waals surface area contributed by atoms with Crippen LogP contribution < -0.4 is 4.74 Å². The minimum Gasteiger partial charge on any atom is -0.497 e. The lowest BCUT2D eigenvalue weighted by atomic mass is 10.1. The number of β-lactam (4-membered cyclic amide) rings is 1. The number of hydrogen-bond acceptors (Lipinski definition) is 2. The second kappa shape index (κ2) is 3.70. The lowest BCUT2D eigenvalue weighted by Crippen LogP contribution is -2.42. The van der Waals surface area contributed by atoms with E-state index in [2.05, 4.69) is 0 Å². The number of ether oxygens (including phenoxy) is 1. The number of carbonyl (C=O) groups is 1. The van der Waals surface area contributed by atoms with Gasteiger partial charge in [0.1, 0.15) is 5.75 Å². The van der Waals surface area contributed by atoms with E-state index in [0.717, 1.165) is 17.9 Å². The number of rotatable bonds is 3. The second-order valence-corrected chi connectivity index (χ2v) is 3.42. The van der Waals surface area contributed by atoms with Gasteiger partial charge in [-0.15, -0.1) is 0 Å². The highest BCUT2D eigenvalue weighted by molar-refractivity contribution is 5.81. The lowest BCUT2D eigenvalue weighted by molar-refractivity contribution is -0.140. The smallest absolute Gasteiger partial charge is 0.224 e. The molecule has 74 valence electrons. The molecule has 1 fully saturated rings. The maximum absolute atomic E-state index is 11.1. The van der Waals surface area contributed by atoms with Crippen LogP contribution in [0.3, 0.4) is 0 Å². The maximum Gasteiger partial charge on any atom is 0.224 e. The maximum atomic E-state index is 11.1. The standard InChI is InChI=1S/C11H13NO2/c1-14-10-4-2-3-9(7-10)8-12-6-5-11(12)13/h2-4,7H,5-6,8H2,1H3. The van der Waals surface area contributed by atoms with Crippen molar-refractivity contribution in [2.75, 3.05) is 13.7 Å². The second-order valence-electron chi connectivity index (χ2n) is 3.42. The highest BCUT2D eigenvalue weighted by Gasteiger charge is 2.23. The van der Waals surface area contributed by atoms with Crippen molar-refractivity contribution in [2.45, 2.75) is 13.0 Å². The highest BCUT2D eigenvalue weighted by atomic mass is 16.5. The minimum atomic E-state index is 0.243. The van der Waals surface area contributed by atoms with Gasteiger partial charge in [-0.1, -0.05) is 12.1 Å². The molecule has 1 amide bonds. The van der Waals surface area contributed by atoms with Crippen LogP contribution in [0.1, 0.15) is 12.0 Å². The van der Waals surface area contributed by atoms with E-state index in [4.69, 9.17) is 4.74 Å². The van der Waals surface area contributed by atoms with Crippen LogP contribution in [0.25, 0.3) is 0 Å². The quantitative estimate of drug-likeness (QED) is 0.676. The first-order chi connectivity index (χ1) is 6.79. The molecule has 0 N–H and O–H groups in total. The molecule has 0 aliphatic carbocycles. The fourth-order valence-corrected chi connectivity index (χ4v) is 1.52. The largest absolute Gasteiger partial charge is 0.497 e. The molecule has 14 heavy (non-hydrogen) atoms. The molecule has 0 unspecified atom stereocenters. The van der Waals surface area contributed by atoms with Crippen LogP contribution in [0, 0.1) is 0 Å². The molecule has 1 heterocycles. The Kier molecular flexibility index (Phi) is 2.39. The Morgan fingerprint density at radius 1 is 1.50 bits per heavy atom. The van der Waals surface area contributed by atoms with Crippen LogP contribution >= 0.6 is 0 Å². The zero-order chi connectivity index (χ0) is 9.97. The van der Waals surface area contributed by atoms with Gasteiger partial charge >= 0.3 is 0 Å². The summed E-state index contributed by atoms with van der Waals surface area (Å²) in [4.78, 5) is 12.9. The Morgan fingerprint density at radius 3 is 2.93 bits per heavy atom. The summed E-state index contributed by atoms with van der Waals surface area (Å²) < 4.78 is 5.11. The van der Waals surface area contributed by atoms with E-state index in [-0.39, 0.29) is 5.91 Å². The SMILES string of the molecule is COc1cccc(CN2CCC2=O)c1. The van der Waals surface area contributed by atoms with Crippen molar-refractivity contribution in [3.05, 3.63) is 29.8 Å². The summed E-state index contributed by atoms with van der Waals surface area (Å²) in [6, 6.07) is 7.82. The zero-order valence-corrected chi connectivity index (χ0v) is 8.19. The van der Waals surface area contributed by atoms with Crippen LogP contribution in [-0.4, -0.2) is 24.5 Å². The molecule has 0 atom stereocenters. The number of likely N-dealkylation sites (tertiary alicyclic amines) is 1. The molecule has 0 bridgehead atoms. The fraction of sp³-hybridized carbons (Fsp3) is 0.364. The summed E-state index contributed by atoms with van der Waals surface area (Å²) in [7, 11) is 1.65. The van der Waals surface area contributed by atoms with Crippen molar-refractivity contribution in [2.24, 2.45) is 0 Å². The van der Waals surface area contributed by atoms with Crippen molar-refractivity contribution < 1.29 is 9.53 Å². The van der Waals surface area contributed by atoms with E-state index in [1.54, 1.807) is 7.11 Å². The lowest BCUT2D eigenvalue weighted by Gasteiger charge is -2.30. The number of nitrogens with zero attached hydrogens (tertiary/aromatic N) is 1. The molecule has 0 spiro atoms. The average molecular weight is 191 g/mol. The summed E-state index contributed by atoms with van der Waals surface area (Å²) in [6.07, 6.45) is 0.698. The third-order valence-corrected chi connectivity index (χ3v) is 2.46. The van der Waals surface area contributed by atoms with Crippen molar-refractivity contribution >= 4 is 5.91 Å². The van der Waals surface area contributed by atoms with Crippen molar-refractivity contribution in [1.82, 2.24) is 4.90 Å². The average Bonchev–Trinajstić information content (AvgIpc) is 2.24. The van der Waals surface area contributed by atoms with Crippen molar-refractivity contribution in [1.29, 1.82) is 0 Å². The predicted octanol–water partition coefficient (Wildman–Crippen LogP) is 1.43. The molecule has 1 aliphatic heterocycles. The molecule has 0 saturated carbocycles. The third-order valence-electron chi connectivity index (χ3n) is 2.46. The van der Waals surface area contributed by atoms with Gasteiger partial charge in [0.05, 0.1) is 7.11 Å². The van der Waals surface area contributed by atoms with Gasteiger partial charge in [0.2, 0.25) is 5.91 Å². The van der Waals surface area contributed by atoms with E-state index in [1.165, 1.54) is 0 Å². The Bertz CT molecular complexity index is 349. The molecule has 2 rings (SSSR count). The van der Waals surface area contributed by atoms with Crippen LogP contribution in [0.4, 0.5) is 0 Å². The first kappa shape index (κ1) is 9.06. The van der Waals surface area contributed by atoms with Gasteiger partial charge in [0, 0.05) is 19.5 Å². The molecule has 0 radical (unpaired) electrons. The number of benzene rings is 1. The van der Waals surface area contributed by atoms with Crippen LogP contribution in [0.15, 0.2) is 24.3 Å². The van der Waals surface area contributed by atoms with Crippen molar-refractivity contribution in [3.63, 3.8) is 0 Å². The number of methoxy groups -OCH3 is 1. The fourth-order valence-electron chi connectivity index (χ4n) is 1.52. The minimum absolute atomic E-state index is 0.243. The molecule has 1 aromatic carbocycles. The topological polar surface area (TPSA) is 29.5 Å². The van der Waals surface area contributed by atoms with E-state index >= 15 is 0 Å². The van der Waals surface area contributed by atoms with Gasteiger partial charge in [-0.05, 0) is 17.7 Å².